The average Bonchev–Trinajstić information content (AvgIpc) is 2.58. The number of hydrogen-bond donors (Lipinski definition) is 1. The van der Waals surface area contributed by atoms with Gasteiger partial charge in [-0.15, -0.1) is 10.2 Å². The molecule has 5 nitrogen and oxygen atoms in total. The van der Waals surface area contributed by atoms with E-state index in [1.165, 1.54) is 6.42 Å². The van der Waals surface area contributed by atoms with Crippen LogP contribution in [0.3, 0.4) is 0 Å². The molecule has 2 aromatic rings. The molecule has 3 rings (SSSR count). The second-order valence-electron chi connectivity index (χ2n) is 6.39. The van der Waals surface area contributed by atoms with Gasteiger partial charge in [0.25, 0.3) is 5.91 Å². The van der Waals surface area contributed by atoms with Crippen molar-refractivity contribution in [2.24, 2.45) is 5.92 Å². The van der Waals surface area contributed by atoms with E-state index in [0.717, 1.165) is 35.2 Å². The predicted molar refractivity (Wildman–Crippen MR) is 98.5 cm³/mol. The molecule has 0 saturated carbocycles. The quantitative estimate of drug-likeness (QED) is 0.857. The lowest BCUT2D eigenvalue weighted by molar-refractivity contribution is 0.0676. The van der Waals surface area contributed by atoms with Crippen LogP contribution >= 0.6 is 15.9 Å². The Hall–Kier alpha value is -1.95. The number of aromatic nitrogens is 2. The van der Waals surface area contributed by atoms with Crippen LogP contribution in [0, 0.1) is 12.8 Å². The van der Waals surface area contributed by atoms with Crippen molar-refractivity contribution < 1.29 is 4.79 Å². The summed E-state index contributed by atoms with van der Waals surface area (Å²) in [6.45, 7) is 5.82. The van der Waals surface area contributed by atoms with Gasteiger partial charge in [0.15, 0.2) is 11.5 Å². The highest BCUT2D eigenvalue weighted by Gasteiger charge is 2.23. The molecule has 1 N–H and O–H groups in total. The van der Waals surface area contributed by atoms with Gasteiger partial charge in [-0.3, -0.25) is 4.79 Å². The van der Waals surface area contributed by atoms with E-state index in [4.69, 9.17) is 0 Å². The summed E-state index contributed by atoms with van der Waals surface area (Å²) in [5, 5.41) is 11.4. The van der Waals surface area contributed by atoms with Gasteiger partial charge in [-0.05, 0) is 61.6 Å². The maximum Gasteiger partial charge on any atom is 0.274 e. The van der Waals surface area contributed by atoms with Crippen LogP contribution in [0.25, 0.3) is 0 Å². The summed E-state index contributed by atoms with van der Waals surface area (Å²) in [5.41, 5.74) is 2.48. The third kappa shape index (κ3) is 3.93. The van der Waals surface area contributed by atoms with Crippen molar-refractivity contribution in [3.63, 3.8) is 0 Å². The topological polar surface area (TPSA) is 58.1 Å². The molecule has 0 radical (unpaired) electrons. The van der Waals surface area contributed by atoms with Crippen LogP contribution in [0.15, 0.2) is 34.8 Å². The maximum absolute atomic E-state index is 12.5. The number of halogens is 1. The van der Waals surface area contributed by atoms with Crippen LogP contribution in [0.5, 0.6) is 0 Å². The van der Waals surface area contributed by atoms with Crippen molar-refractivity contribution >= 4 is 33.3 Å². The first-order valence-corrected chi connectivity index (χ1v) is 8.98. The highest BCUT2D eigenvalue weighted by Crippen LogP contribution is 2.22. The Morgan fingerprint density at radius 2 is 2.12 bits per heavy atom. The number of nitrogens with zero attached hydrogens (tertiary/aromatic N) is 3. The van der Waals surface area contributed by atoms with Crippen molar-refractivity contribution in [2.45, 2.75) is 26.7 Å². The summed E-state index contributed by atoms with van der Waals surface area (Å²) < 4.78 is 1.07. The first-order valence-electron chi connectivity index (χ1n) is 8.19. The number of benzene rings is 1. The normalized spacial score (nSPS) is 17.6. The molecule has 1 amide bonds. The van der Waals surface area contributed by atoms with E-state index < -0.39 is 0 Å². The van der Waals surface area contributed by atoms with Crippen LogP contribution in [-0.4, -0.2) is 34.1 Å². The van der Waals surface area contributed by atoms with E-state index >= 15 is 0 Å². The Labute approximate surface area is 150 Å². The van der Waals surface area contributed by atoms with Gasteiger partial charge in [0.05, 0.1) is 0 Å². The number of carbonyl (C=O) groups is 1. The zero-order valence-corrected chi connectivity index (χ0v) is 15.5. The van der Waals surface area contributed by atoms with Gasteiger partial charge in [-0.1, -0.05) is 22.9 Å². The Kier molecular flexibility index (Phi) is 5.14. The van der Waals surface area contributed by atoms with Crippen molar-refractivity contribution in [3.8, 4) is 0 Å². The molecule has 1 aliphatic heterocycles. The molecule has 1 atom stereocenters. The molecule has 0 bridgehead atoms. The fraction of sp³-hybridized carbons (Fsp3) is 0.389. The maximum atomic E-state index is 12.5. The van der Waals surface area contributed by atoms with Gasteiger partial charge in [-0.25, -0.2) is 0 Å². The second-order valence-corrected chi connectivity index (χ2v) is 7.25. The molecule has 1 aromatic heterocycles. The summed E-state index contributed by atoms with van der Waals surface area (Å²) in [6.07, 6.45) is 2.24. The highest BCUT2D eigenvalue weighted by molar-refractivity contribution is 9.10. The molecule has 126 valence electrons. The third-order valence-corrected chi connectivity index (χ3v) is 5.15. The first-order chi connectivity index (χ1) is 11.5. The van der Waals surface area contributed by atoms with Gasteiger partial charge in [0, 0.05) is 23.2 Å². The molecule has 1 aliphatic rings. The van der Waals surface area contributed by atoms with E-state index in [2.05, 4.69) is 38.4 Å². The molecule has 0 spiro atoms. The fourth-order valence-corrected chi connectivity index (χ4v) is 3.17. The van der Waals surface area contributed by atoms with Gasteiger partial charge in [-0.2, -0.15) is 0 Å². The molecule has 6 heteroatoms. The number of aryl methyl sites for hydroxylation is 1. The van der Waals surface area contributed by atoms with E-state index in [-0.39, 0.29) is 5.91 Å². The molecular weight excluding hydrogens is 368 g/mol. The number of amides is 1. The summed E-state index contributed by atoms with van der Waals surface area (Å²) in [7, 11) is 0. The van der Waals surface area contributed by atoms with Crippen LogP contribution in [0.1, 0.15) is 35.8 Å². The Morgan fingerprint density at radius 1 is 1.29 bits per heavy atom. The van der Waals surface area contributed by atoms with E-state index in [0.29, 0.717) is 17.4 Å². The lowest BCUT2D eigenvalue weighted by Gasteiger charge is -2.30. The van der Waals surface area contributed by atoms with E-state index in [1.807, 2.05) is 30.0 Å². The molecule has 1 aromatic carbocycles. The molecule has 2 heterocycles. The van der Waals surface area contributed by atoms with Gasteiger partial charge in [0.1, 0.15) is 0 Å². The van der Waals surface area contributed by atoms with Crippen LogP contribution in [-0.2, 0) is 0 Å². The first kappa shape index (κ1) is 16.9. The summed E-state index contributed by atoms with van der Waals surface area (Å²) in [5.74, 6) is 1.15. The zero-order chi connectivity index (χ0) is 17.1. The summed E-state index contributed by atoms with van der Waals surface area (Å²) >= 11 is 3.48. The number of nitrogens with one attached hydrogen (secondary N) is 1. The summed E-state index contributed by atoms with van der Waals surface area (Å²) in [6, 6.07) is 9.51. The number of anilines is 2. The van der Waals surface area contributed by atoms with Crippen molar-refractivity contribution in [3.05, 3.63) is 46.1 Å². The van der Waals surface area contributed by atoms with Gasteiger partial charge >= 0.3 is 0 Å². The summed E-state index contributed by atoms with van der Waals surface area (Å²) in [4.78, 5) is 14.4. The van der Waals surface area contributed by atoms with E-state index in [9.17, 15) is 4.79 Å². The molecule has 1 unspecified atom stereocenters. The highest BCUT2D eigenvalue weighted by atomic mass is 79.9. The Bertz CT molecular complexity index is 732. The lowest BCUT2D eigenvalue weighted by atomic mass is 10.00. The molecule has 24 heavy (non-hydrogen) atoms. The smallest absolute Gasteiger partial charge is 0.274 e. The number of hydrogen-bond acceptors (Lipinski definition) is 4. The second kappa shape index (κ2) is 7.30. The van der Waals surface area contributed by atoms with Crippen molar-refractivity contribution in [1.29, 1.82) is 0 Å². The number of rotatable bonds is 3. The third-order valence-electron chi connectivity index (χ3n) is 4.26. The monoisotopic (exact) mass is 388 g/mol. The molecule has 1 fully saturated rings. The SMILES string of the molecule is Cc1cc(Nc2ccc(C(=O)N3CCCC(C)C3)nn2)ccc1Br. The lowest BCUT2D eigenvalue weighted by Crippen LogP contribution is -2.39. The molecular formula is C18H21BrN4O. The Balaban J connectivity index is 1.68. The van der Waals surface area contributed by atoms with Crippen LogP contribution < -0.4 is 5.32 Å². The Morgan fingerprint density at radius 3 is 2.79 bits per heavy atom. The minimum absolute atomic E-state index is 0.0277. The minimum atomic E-state index is -0.0277. The van der Waals surface area contributed by atoms with Gasteiger partial charge < -0.3 is 10.2 Å². The molecule has 0 aliphatic carbocycles. The standard InChI is InChI=1S/C18H21BrN4O/c1-12-4-3-9-23(11-12)18(24)16-7-8-17(22-21-16)20-14-5-6-15(19)13(2)10-14/h5-8,10,12H,3-4,9,11H2,1-2H3,(H,20,22). The number of carbonyl (C=O) groups excluding carboxylic acids is 1. The zero-order valence-electron chi connectivity index (χ0n) is 13.9. The number of likely N-dealkylation sites (tertiary alicyclic amines) is 1. The van der Waals surface area contributed by atoms with Crippen LogP contribution in [0.2, 0.25) is 0 Å². The number of piperidine rings is 1. The van der Waals surface area contributed by atoms with Crippen molar-refractivity contribution in [2.75, 3.05) is 18.4 Å². The van der Waals surface area contributed by atoms with E-state index in [1.54, 1.807) is 12.1 Å². The predicted octanol–water partition coefficient (Wildman–Crippen LogP) is 4.16. The average molecular weight is 389 g/mol. The fourth-order valence-electron chi connectivity index (χ4n) is 2.92. The minimum Gasteiger partial charge on any atom is -0.339 e. The largest absolute Gasteiger partial charge is 0.339 e. The van der Waals surface area contributed by atoms with Crippen molar-refractivity contribution in [1.82, 2.24) is 15.1 Å². The molecule has 1 saturated heterocycles. The van der Waals surface area contributed by atoms with Crippen LogP contribution in [0.4, 0.5) is 11.5 Å². The van der Waals surface area contributed by atoms with Gasteiger partial charge in [0.2, 0.25) is 0 Å².